The summed E-state index contributed by atoms with van der Waals surface area (Å²) in [6, 6.07) is 8.80. The molecular weight excluding hydrogens is 334 g/mol. The lowest BCUT2D eigenvalue weighted by molar-refractivity contribution is 0.398. The first-order valence-corrected chi connectivity index (χ1v) is 7.59. The number of hydrogen-bond donors (Lipinski definition) is 4. The zero-order valence-electron chi connectivity index (χ0n) is 11.3. The molecular formula is C16H16BrNO3. The first-order chi connectivity index (χ1) is 10.0. The SMILES string of the molecule is Oc1cc2c(cc1O)C(Cc1ccc(O)c(Br)c1)NCC2. The van der Waals surface area contributed by atoms with Gasteiger partial charge in [0.15, 0.2) is 11.5 Å². The summed E-state index contributed by atoms with van der Waals surface area (Å²) in [6.45, 7) is 0.834. The van der Waals surface area contributed by atoms with Crippen LogP contribution < -0.4 is 5.32 Å². The Morgan fingerprint density at radius 2 is 1.81 bits per heavy atom. The van der Waals surface area contributed by atoms with E-state index in [4.69, 9.17) is 0 Å². The summed E-state index contributed by atoms with van der Waals surface area (Å²) in [6.07, 6.45) is 1.58. The van der Waals surface area contributed by atoms with Gasteiger partial charge in [-0.05, 0) is 76.3 Å². The molecule has 0 fully saturated rings. The average molecular weight is 350 g/mol. The summed E-state index contributed by atoms with van der Waals surface area (Å²) in [5.41, 5.74) is 3.16. The number of phenolic OH excluding ortho intramolecular Hbond substituents is 3. The molecule has 0 bridgehead atoms. The zero-order valence-corrected chi connectivity index (χ0v) is 12.9. The molecule has 0 radical (unpaired) electrons. The Bertz CT molecular complexity index is 687. The molecule has 5 heteroatoms. The normalized spacial score (nSPS) is 17.5. The van der Waals surface area contributed by atoms with Gasteiger partial charge in [0, 0.05) is 6.04 Å². The van der Waals surface area contributed by atoms with Crippen LogP contribution in [-0.2, 0) is 12.8 Å². The van der Waals surface area contributed by atoms with Crippen LogP contribution in [-0.4, -0.2) is 21.9 Å². The molecule has 1 atom stereocenters. The number of benzene rings is 2. The van der Waals surface area contributed by atoms with Crippen LogP contribution >= 0.6 is 15.9 Å². The van der Waals surface area contributed by atoms with Crippen LogP contribution in [0.25, 0.3) is 0 Å². The molecule has 4 N–H and O–H groups in total. The molecule has 3 rings (SSSR count). The number of hydrogen-bond acceptors (Lipinski definition) is 4. The van der Waals surface area contributed by atoms with Crippen LogP contribution in [0.15, 0.2) is 34.8 Å². The van der Waals surface area contributed by atoms with Crippen LogP contribution in [0.1, 0.15) is 22.7 Å². The minimum Gasteiger partial charge on any atom is -0.507 e. The van der Waals surface area contributed by atoms with Gasteiger partial charge in [-0.25, -0.2) is 0 Å². The summed E-state index contributed by atoms with van der Waals surface area (Å²) in [5, 5.41) is 32.3. The van der Waals surface area contributed by atoms with Crippen LogP contribution in [0.2, 0.25) is 0 Å². The second kappa shape index (κ2) is 5.58. The molecule has 1 aliphatic rings. The predicted molar refractivity (Wildman–Crippen MR) is 83.7 cm³/mol. The molecule has 0 aliphatic carbocycles. The standard InChI is InChI=1S/C16H16BrNO3/c17-12-5-9(1-2-14(12)19)6-13-11-8-16(21)15(20)7-10(11)3-4-18-13/h1-2,5,7-8,13,18-21H,3-4,6H2. The molecule has 1 aliphatic heterocycles. The summed E-state index contributed by atoms with van der Waals surface area (Å²) >= 11 is 3.32. The van der Waals surface area contributed by atoms with E-state index >= 15 is 0 Å². The summed E-state index contributed by atoms with van der Waals surface area (Å²) in [4.78, 5) is 0. The molecule has 110 valence electrons. The third-order valence-corrected chi connectivity index (χ3v) is 4.48. The van der Waals surface area contributed by atoms with Crippen molar-refractivity contribution in [2.24, 2.45) is 0 Å². The van der Waals surface area contributed by atoms with Gasteiger partial charge in [-0.15, -0.1) is 0 Å². The first-order valence-electron chi connectivity index (χ1n) is 6.80. The van der Waals surface area contributed by atoms with Gasteiger partial charge in [0.05, 0.1) is 4.47 Å². The maximum absolute atomic E-state index is 9.72. The minimum atomic E-state index is -0.0886. The molecule has 1 heterocycles. The van der Waals surface area contributed by atoms with Gasteiger partial charge in [-0.1, -0.05) is 6.07 Å². The van der Waals surface area contributed by atoms with E-state index in [2.05, 4.69) is 21.2 Å². The third kappa shape index (κ3) is 2.84. The number of halogens is 1. The van der Waals surface area contributed by atoms with Gasteiger partial charge < -0.3 is 20.6 Å². The van der Waals surface area contributed by atoms with Crippen molar-refractivity contribution < 1.29 is 15.3 Å². The Balaban J connectivity index is 1.91. The van der Waals surface area contributed by atoms with Crippen LogP contribution in [0, 0.1) is 0 Å². The fraction of sp³-hybridized carbons (Fsp3) is 0.250. The van der Waals surface area contributed by atoms with E-state index in [0.29, 0.717) is 4.47 Å². The van der Waals surface area contributed by atoms with Gasteiger partial charge in [0.2, 0.25) is 0 Å². The summed E-state index contributed by atoms with van der Waals surface area (Å²) < 4.78 is 0.671. The lowest BCUT2D eigenvalue weighted by atomic mass is 9.90. The molecule has 0 spiro atoms. The largest absolute Gasteiger partial charge is 0.507 e. The van der Waals surface area contributed by atoms with Crippen molar-refractivity contribution in [2.45, 2.75) is 18.9 Å². The van der Waals surface area contributed by atoms with E-state index in [1.54, 1.807) is 18.2 Å². The van der Waals surface area contributed by atoms with Crippen LogP contribution in [0.3, 0.4) is 0 Å². The van der Waals surface area contributed by atoms with Gasteiger partial charge >= 0.3 is 0 Å². The maximum atomic E-state index is 9.72. The Morgan fingerprint density at radius 3 is 2.57 bits per heavy atom. The molecule has 0 saturated heterocycles. The maximum Gasteiger partial charge on any atom is 0.157 e. The first kappa shape index (κ1) is 14.2. The Morgan fingerprint density at radius 1 is 1.05 bits per heavy atom. The lowest BCUT2D eigenvalue weighted by Crippen LogP contribution is -2.31. The molecule has 0 amide bonds. The highest BCUT2D eigenvalue weighted by atomic mass is 79.9. The Kier molecular flexibility index (Phi) is 3.78. The van der Waals surface area contributed by atoms with Gasteiger partial charge in [0.1, 0.15) is 5.75 Å². The fourth-order valence-electron chi connectivity index (χ4n) is 2.76. The molecule has 0 aromatic heterocycles. The quantitative estimate of drug-likeness (QED) is 0.629. The second-order valence-electron chi connectivity index (χ2n) is 5.29. The van der Waals surface area contributed by atoms with Crippen molar-refractivity contribution in [3.63, 3.8) is 0 Å². The third-order valence-electron chi connectivity index (χ3n) is 3.85. The van der Waals surface area contributed by atoms with Crippen LogP contribution in [0.5, 0.6) is 17.2 Å². The van der Waals surface area contributed by atoms with E-state index < -0.39 is 0 Å². The van der Waals surface area contributed by atoms with Crippen LogP contribution in [0.4, 0.5) is 0 Å². The molecule has 21 heavy (non-hydrogen) atoms. The molecule has 0 saturated carbocycles. The van der Waals surface area contributed by atoms with Crippen molar-refractivity contribution >= 4 is 15.9 Å². The molecule has 2 aromatic carbocycles. The van der Waals surface area contributed by atoms with Gasteiger partial charge in [0.25, 0.3) is 0 Å². The smallest absolute Gasteiger partial charge is 0.157 e. The Labute approximate surface area is 131 Å². The number of fused-ring (bicyclic) bond motifs is 1. The van der Waals surface area contributed by atoms with E-state index in [1.165, 1.54) is 0 Å². The lowest BCUT2D eigenvalue weighted by Gasteiger charge is -2.27. The second-order valence-corrected chi connectivity index (χ2v) is 6.14. The molecule has 2 aromatic rings. The van der Waals surface area contributed by atoms with Crippen molar-refractivity contribution in [2.75, 3.05) is 6.54 Å². The number of nitrogens with one attached hydrogen (secondary N) is 1. The number of phenols is 3. The monoisotopic (exact) mass is 349 g/mol. The van der Waals surface area contributed by atoms with E-state index in [0.717, 1.165) is 36.1 Å². The van der Waals surface area contributed by atoms with Gasteiger partial charge in [-0.2, -0.15) is 0 Å². The molecule has 1 unspecified atom stereocenters. The Hall–Kier alpha value is -1.72. The highest BCUT2D eigenvalue weighted by Gasteiger charge is 2.22. The highest BCUT2D eigenvalue weighted by Crippen LogP contribution is 2.35. The van der Waals surface area contributed by atoms with Crippen molar-refractivity contribution in [3.8, 4) is 17.2 Å². The average Bonchev–Trinajstić information content (AvgIpc) is 2.45. The van der Waals surface area contributed by atoms with Crippen molar-refractivity contribution in [1.82, 2.24) is 5.32 Å². The van der Waals surface area contributed by atoms with Gasteiger partial charge in [-0.3, -0.25) is 0 Å². The number of aromatic hydroxyl groups is 3. The number of rotatable bonds is 2. The van der Waals surface area contributed by atoms with Crippen molar-refractivity contribution in [1.29, 1.82) is 0 Å². The van der Waals surface area contributed by atoms with E-state index in [-0.39, 0.29) is 23.3 Å². The summed E-state index contributed by atoms with van der Waals surface area (Å²) in [5.74, 6) is 0.0643. The minimum absolute atomic E-state index is 0.0678. The predicted octanol–water partition coefficient (Wildman–Crippen LogP) is 3.00. The topological polar surface area (TPSA) is 72.7 Å². The highest BCUT2D eigenvalue weighted by molar-refractivity contribution is 9.10. The zero-order chi connectivity index (χ0) is 15.0. The van der Waals surface area contributed by atoms with E-state index in [1.807, 2.05) is 12.1 Å². The van der Waals surface area contributed by atoms with E-state index in [9.17, 15) is 15.3 Å². The van der Waals surface area contributed by atoms with Crippen molar-refractivity contribution in [3.05, 3.63) is 51.5 Å². The fourth-order valence-corrected chi connectivity index (χ4v) is 3.19. The summed E-state index contributed by atoms with van der Waals surface area (Å²) in [7, 11) is 0. The molecule has 4 nitrogen and oxygen atoms in total.